The van der Waals surface area contributed by atoms with Crippen LogP contribution in [0.25, 0.3) is 5.57 Å². The number of hydrogen-bond donors (Lipinski definition) is 0. The molecule has 0 radical (unpaired) electrons. The second-order valence-electron chi connectivity index (χ2n) is 7.94. The van der Waals surface area contributed by atoms with Crippen molar-refractivity contribution in [2.75, 3.05) is 0 Å². The Balaban J connectivity index is 2.43. The van der Waals surface area contributed by atoms with Crippen molar-refractivity contribution in [3.8, 4) is 0 Å². The Kier molecular flexibility index (Phi) is 9.07. The summed E-state index contributed by atoms with van der Waals surface area (Å²) in [6.45, 7) is 12.7. The Hall–Kier alpha value is -1.60. The van der Waals surface area contributed by atoms with Gasteiger partial charge in [0.15, 0.2) is 0 Å². The molecule has 27 heavy (non-hydrogen) atoms. The van der Waals surface area contributed by atoms with Gasteiger partial charge < -0.3 is 4.74 Å². The van der Waals surface area contributed by atoms with E-state index < -0.39 is 0 Å². The fourth-order valence-electron chi connectivity index (χ4n) is 3.92. The van der Waals surface area contributed by atoms with Gasteiger partial charge in [0.25, 0.3) is 0 Å². The second kappa shape index (κ2) is 11.3. The fraction of sp³-hybridized carbons (Fsp3) is 0.538. The summed E-state index contributed by atoms with van der Waals surface area (Å²) < 4.78 is 6.15. The van der Waals surface area contributed by atoms with E-state index in [0.29, 0.717) is 0 Å². The van der Waals surface area contributed by atoms with Gasteiger partial charge in [0.2, 0.25) is 0 Å². The van der Waals surface area contributed by atoms with E-state index in [2.05, 4.69) is 64.6 Å². The lowest BCUT2D eigenvalue weighted by atomic mass is 9.84. The third-order valence-corrected chi connectivity index (χ3v) is 5.12. The first-order valence-electron chi connectivity index (χ1n) is 10.9. The molecule has 1 aliphatic carbocycles. The van der Waals surface area contributed by atoms with Gasteiger partial charge in [-0.3, -0.25) is 0 Å². The molecule has 2 rings (SSSR count). The van der Waals surface area contributed by atoms with Gasteiger partial charge in [-0.1, -0.05) is 57.0 Å². The van der Waals surface area contributed by atoms with Crippen LogP contribution < -0.4 is 0 Å². The molecule has 0 amide bonds. The quantitative estimate of drug-likeness (QED) is 0.292. The minimum absolute atomic E-state index is 0.191. The predicted octanol–water partition coefficient (Wildman–Crippen LogP) is 7.46. The number of ether oxygens (including phenoxy) is 1. The minimum atomic E-state index is 0.191. The number of allylic oxidation sites excluding steroid dienone is 3. The molecule has 1 aromatic rings. The Bertz CT molecular complexity index is 663. The highest BCUT2D eigenvalue weighted by atomic mass is 16.5. The van der Waals surface area contributed by atoms with Crippen molar-refractivity contribution < 1.29 is 4.74 Å². The maximum atomic E-state index is 6.15. The van der Waals surface area contributed by atoms with Crippen molar-refractivity contribution in [2.24, 2.45) is 0 Å². The van der Waals surface area contributed by atoms with Gasteiger partial charge in [0.05, 0.1) is 12.2 Å². The third-order valence-electron chi connectivity index (χ3n) is 5.12. The van der Waals surface area contributed by atoms with Gasteiger partial charge in [-0.2, -0.15) is 0 Å². The van der Waals surface area contributed by atoms with Gasteiger partial charge in [-0.05, 0) is 86.3 Å². The molecular formula is C26H38O. The average molecular weight is 367 g/mol. The molecule has 1 aromatic carbocycles. The van der Waals surface area contributed by atoms with Gasteiger partial charge >= 0.3 is 0 Å². The van der Waals surface area contributed by atoms with Gasteiger partial charge in [-0.25, -0.2) is 0 Å². The summed E-state index contributed by atoms with van der Waals surface area (Å²) in [5.74, 6) is 0. The molecule has 0 N–H and O–H groups in total. The highest BCUT2D eigenvalue weighted by molar-refractivity contribution is 5.82. The zero-order valence-corrected chi connectivity index (χ0v) is 17.9. The zero-order valence-electron chi connectivity index (χ0n) is 17.9. The van der Waals surface area contributed by atoms with Crippen molar-refractivity contribution >= 4 is 5.57 Å². The van der Waals surface area contributed by atoms with Crippen molar-refractivity contribution in [2.45, 2.75) is 91.3 Å². The molecular weight excluding hydrogens is 328 g/mol. The predicted molar refractivity (Wildman–Crippen MR) is 119 cm³/mol. The Morgan fingerprint density at radius 1 is 1.15 bits per heavy atom. The lowest BCUT2D eigenvalue weighted by molar-refractivity contribution is 0.0370. The topological polar surface area (TPSA) is 9.23 Å². The number of benzene rings is 1. The van der Waals surface area contributed by atoms with Crippen LogP contribution in [0.1, 0.15) is 82.9 Å². The van der Waals surface area contributed by atoms with E-state index in [1.54, 1.807) is 0 Å². The molecule has 1 aliphatic rings. The summed E-state index contributed by atoms with van der Waals surface area (Å²) in [6, 6.07) is 7.13. The summed E-state index contributed by atoms with van der Waals surface area (Å²) in [5.41, 5.74) is 7.26. The van der Waals surface area contributed by atoms with Gasteiger partial charge in [-0.15, -0.1) is 6.58 Å². The molecule has 148 valence electrons. The summed E-state index contributed by atoms with van der Waals surface area (Å²) in [4.78, 5) is 0. The molecule has 1 heteroatoms. The molecule has 0 fully saturated rings. The van der Waals surface area contributed by atoms with E-state index in [9.17, 15) is 0 Å². The summed E-state index contributed by atoms with van der Waals surface area (Å²) in [5, 5.41) is 0. The molecule has 1 unspecified atom stereocenters. The summed E-state index contributed by atoms with van der Waals surface area (Å²) in [6.07, 6.45) is 16.3. The molecule has 0 saturated heterocycles. The van der Waals surface area contributed by atoms with Crippen molar-refractivity contribution in [1.82, 2.24) is 0 Å². The monoisotopic (exact) mass is 366 g/mol. The Morgan fingerprint density at radius 3 is 2.59 bits per heavy atom. The average Bonchev–Trinajstić information content (AvgIpc) is 2.64. The lowest BCUT2D eigenvalue weighted by Gasteiger charge is -2.26. The molecule has 1 atom stereocenters. The van der Waals surface area contributed by atoms with E-state index in [4.69, 9.17) is 4.74 Å². The molecule has 0 heterocycles. The first kappa shape index (κ1) is 21.7. The molecule has 1 nitrogen and oxygen atoms in total. The van der Waals surface area contributed by atoms with Crippen LogP contribution in [0.5, 0.6) is 0 Å². The summed E-state index contributed by atoms with van der Waals surface area (Å²) in [7, 11) is 0. The molecule has 0 aliphatic heterocycles. The number of aryl methyl sites for hydroxylation is 2. The minimum Gasteiger partial charge on any atom is -0.371 e. The van der Waals surface area contributed by atoms with E-state index in [0.717, 1.165) is 38.5 Å². The highest BCUT2D eigenvalue weighted by Crippen LogP contribution is 2.35. The van der Waals surface area contributed by atoms with E-state index in [-0.39, 0.29) is 12.2 Å². The maximum Gasteiger partial charge on any atom is 0.0802 e. The Morgan fingerprint density at radius 2 is 1.93 bits per heavy atom. The SMILES string of the molecule is C=CCCCc1ccc(CCC)cc1C1=CC(OC(C)C)CC=C1CCC. The van der Waals surface area contributed by atoms with Crippen LogP contribution in [-0.2, 0) is 17.6 Å². The van der Waals surface area contributed by atoms with Crippen LogP contribution in [0.2, 0.25) is 0 Å². The van der Waals surface area contributed by atoms with E-state index in [1.165, 1.54) is 40.7 Å². The molecule has 0 bridgehead atoms. The van der Waals surface area contributed by atoms with E-state index >= 15 is 0 Å². The number of hydrogen-bond acceptors (Lipinski definition) is 1. The standard InChI is InChI=1S/C26H38O/c1-6-9-10-13-23-15-14-21(11-7-2)18-25(23)26-19-24(27-20(4)5)17-16-22(26)12-8-3/h6,14-16,18-20,24H,1,7-13,17H2,2-5H3. The van der Waals surface area contributed by atoms with Crippen molar-refractivity contribution in [3.63, 3.8) is 0 Å². The largest absolute Gasteiger partial charge is 0.371 e. The van der Waals surface area contributed by atoms with Gasteiger partial charge in [0, 0.05) is 0 Å². The zero-order chi connectivity index (χ0) is 19.6. The van der Waals surface area contributed by atoms with Gasteiger partial charge in [0.1, 0.15) is 0 Å². The normalized spacial score (nSPS) is 17.0. The molecule has 0 aromatic heterocycles. The van der Waals surface area contributed by atoms with Crippen LogP contribution in [0, 0.1) is 0 Å². The lowest BCUT2D eigenvalue weighted by Crippen LogP contribution is -2.18. The molecule has 0 spiro atoms. The fourth-order valence-corrected chi connectivity index (χ4v) is 3.92. The Labute approximate surface area is 167 Å². The third kappa shape index (κ3) is 6.50. The second-order valence-corrected chi connectivity index (χ2v) is 7.94. The number of rotatable bonds is 11. The first-order chi connectivity index (χ1) is 13.1. The highest BCUT2D eigenvalue weighted by Gasteiger charge is 2.20. The van der Waals surface area contributed by atoms with Crippen LogP contribution in [0.15, 0.2) is 48.6 Å². The van der Waals surface area contributed by atoms with Crippen molar-refractivity contribution in [1.29, 1.82) is 0 Å². The van der Waals surface area contributed by atoms with Crippen LogP contribution in [0.3, 0.4) is 0 Å². The first-order valence-corrected chi connectivity index (χ1v) is 10.9. The van der Waals surface area contributed by atoms with Crippen LogP contribution in [0.4, 0.5) is 0 Å². The molecule has 0 saturated carbocycles. The van der Waals surface area contributed by atoms with E-state index in [1.807, 2.05) is 6.08 Å². The summed E-state index contributed by atoms with van der Waals surface area (Å²) >= 11 is 0. The smallest absolute Gasteiger partial charge is 0.0802 e. The number of unbranched alkanes of at least 4 members (excludes halogenated alkanes) is 1. The van der Waals surface area contributed by atoms with Crippen LogP contribution in [-0.4, -0.2) is 12.2 Å². The van der Waals surface area contributed by atoms with Crippen molar-refractivity contribution in [3.05, 3.63) is 65.3 Å². The maximum absolute atomic E-state index is 6.15. The van der Waals surface area contributed by atoms with Crippen LogP contribution >= 0.6 is 0 Å².